The summed E-state index contributed by atoms with van der Waals surface area (Å²) >= 11 is 0. The van der Waals surface area contributed by atoms with Gasteiger partial charge in [-0.3, -0.25) is 9.78 Å². The van der Waals surface area contributed by atoms with Crippen molar-refractivity contribution in [2.24, 2.45) is 0 Å². The molecule has 0 atom stereocenters. The fourth-order valence-corrected chi connectivity index (χ4v) is 1.70. The fourth-order valence-electron chi connectivity index (χ4n) is 1.70. The van der Waals surface area contributed by atoms with Crippen molar-refractivity contribution in [2.75, 3.05) is 11.4 Å². The molecule has 100 valence electrons. The highest BCUT2D eigenvalue weighted by Crippen LogP contribution is 2.11. The van der Waals surface area contributed by atoms with Gasteiger partial charge in [0.15, 0.2) is 6.29 Å². The molecule has 2 aromatic heterocycles. The molecule has 0 saturated heterocycles. The van der Waals surface area contributed by atoms with E-state index in [4.69, 9.17) is 5.26 Å². The van der Waals surface area contributed by atoms with Gasteiger partial charge in [0, 0.05) is 37.9 Å². The van der Waals surface area contributed by atoms with Crippen LogP contribution in [0.25, 0.3) is 0 Å². The van der Waals surface area contributed by atoms with Crippen LogP contribution in [0.1, 0.15) is 22.3 Å². The summed E-state index contributed by atoms with van der Waals surface area (Å²) in [6.07, 6.45) is 7.48. The number of aldehydes is 1. The van der Waals surface area contributed by atoms with Crippen molar-refractivity contribution in [2.45, 2.75) is 13.0 Å². The van der Waals surface area contributed by atoms with E-state index in [0.29, 0.717) is 37.3 Å². The van der Waals surface area contributed by atoms with Crippen LogP contribution in [0.15, 0.2) is 36.9 Å². The Morgan fingerprint density at radius 1 is 1.30 bits per heavy atom. The predicted molar refractivity (Wildman–Crippen MR) is 72.9 cm³/mol. The molecule has 0 bridgehead atoms. The molecule has 2 aromatic rings. The zero-order valence-electron chi connectivity index (χ0n) is 10.8. The largest absolute Gasteiger partial charge is 0.335 e. The minimum Gasteiger partial charge on any atom is -0.335 e. The minimum absolute atomic E-state index is 0.374. The van der Waals surface area contributed by atoms with Gasteiger partial charge in [-0.2, -0.15) is 5.26 Å². The monoisotopic (exact) mass is 267 g/mol. The molecule has 0 saturated carbocycles. The normalized spacial score (nSPS) is 9.75. The van der Waals surface area contributed by atoms with Crippen LogP contribution < -0.4 is 4.90 Å². The summed E-state index contributed by atoms with van der Waals surface area (Å²) in [7, 11) is 0. The van der Waals surface area contributed by atoms with Crippen molar-refractivity contribution in [1.29, 1.82) is 5.26 Å². The molecule has 0 radical (unpaired) electrons. The molecule has 0 unspecified atom stereocenters. The molecule has 2 heterocycles. The summed E-state index contributed by atoms with van der Waals surface area (Å²) in [6.45, 7) is 1.09. The van der Waals surface area contributed by atoms with E-state index in [2.05, 4.69) is 21.0 Å². The number of anilines is 1. The molecule has 0 aliphatic heterocycles. The van der Waals surface area contributed by atoms with E-state index in [1.165, 1.54) is 12.4 Å². The molecule has 20 heavy (non-hydrogen) atoms. The Kier molecular flexibility index (Phi) is 4.73. The Bertz CT molecular complexity index is 591. The van der Waals surface area contributed by atoms with E-state index in [0.717, 1.165) is 5.56 Å². The van der Waals surface area contributed by atoms with Crippen LogP contribution in [0.3, 0.4) is 0 Å². The Labute approximate surface area is 116 Å². The van der Waals surface area contributed by atoms with Crippen molar-refractivity contribution in [3.8, 4) is 6.07 Å². The number of nitrogens with zero attached hydrogens (tertiary/aromatic N) is 5. The van der Waals surface area contributed by atoms with E-state index >= 15 is 0 Å². The van der Waals surface area contributed by atoms with E-state index < -0.39 is 0 Å². The maximum Gasteiger partial charge on any atom is 0.225 e. The van der Waals surface area contributed by atoms with Gasteiger partial charge in [-0.1, -0.05) is 6.07 Å². The quantitative estimate of drug-likeness (QED) is 0.739. The zero-order valence-corrected chi connectivity index (χ0v) is 10.8. The predicted octanol–water partition coefficient (Wildman–Crippen LogP) is 1.60. The first-order valence-electron chi connectivity index (χ1n) is 6.11. The third-order valence-electron chi connectivity index (χ3n) is 2.67. The minimum atomic E-state index is 0.374. The number of carbonyl (C=O) groups is 1. The Morgan fingerprint density at radius 2 is 2.10 bits per heavy atom. The smallest absolute Gasteiger partial charge is 0.225 e. The maximum absolute atomic E-state index is 10.6. The van der Waals surface area contributed by atoms with Crippen molar-refractivity contribution in [3.63, 3.8) is 0 Å². The fraction of sp³-hybridized carbons (Fsp3) is 0.214. The SMILES string of the molecule is N#CCCN(Cc1cccnc1)c1ncc(C=O)cn1. The van der Waals surface area contributed by atoms with Crippen molar-refractivity contribution >= 4 is 12.2 Å². The Morgan fingerprint density at radius 3 is 2.70 bits per heavy atom. The molecule has 6 heteroatoms. The Hall–Kier alpha value is -2.81. The van der Waals surface area contributed by atoms with Gasteiger partial charge >= 0.3 is 0 Å². The second kappa shape index (κ2) is 6.95. The van der Waals surface area contributed by atoms with Crippen LogP contribution in [0.2, 0.25) is 0 Å². The van der Waals surface area contributed by atoms with Crippen LogP contribution in [0.4, 0.5) is 5.95 Å². The molecular formula is C14H13N5O. The first-order chi connectivity index (χ1) is 9.83. The van der Waals surface area contributed by atoms with Gasteiger partial charge in [0.05, 0.1) is 18.1 Å². The van der Waals surface area contributed by atoms with Gasteiger partial charge in [-0.05, 0) is 11.6 Å². The van der Waals surface area contributed by atoms with Crippen LogP contribution in [0, 0.1) is 11.3 Å². The number of hydrogen-bond acceptors (Lipinski definition) is 6. The van der Waals surface area contributed by atoms with E-state index in [9.17, 15) is 4.79 Å². The lowest BCUT2D eigenvalue weighted by Crippen LogP contribution is -2.25. The molecule has 0 amide bonds. The average molecular weight is 267 g/mol. The first kappa shape index (κ1) is 13.6. The topological polar surface area (TPSA) is 82.8 Å². The number of aromatic nitrogens is 3. The van der Waals surface area contributed by atoms with Gasteiger partial charge < -0.3 is 4.90 Å². The number of carbonyl (C=O) groups excluding carboxylic acids is 1. The average Bonchev–Trinajstić information content (AvgIpc) is 2.52. The second-order valence-electron chi connectivity index (χ2n) is 4.13. The van der Waals surface area contributed by atoms with Crippen molar-refractivity contribution < 1.29 is 4.79 Å². The van der Waals surface area contributed by atoms with Crippen LogP contribution in [0.5, 0.6) is 0 Å². The lowest BCUT2D eigenvalue weighted by atomic mass is 10.2. The highest BCUT2D eigenvalue weighted by atomic mass is 16.1. The summed E-state index contributed by atoms with van der Waals surface area (Å²) in [6, 6.07) is 5.91. The number of nitriles is 1. The summed E-state index contributed by atoms with van der Waals surface area (Å²) in [5.41, 5.74) is 1.43. The number of hydrogen-bond donors (Lipinski definition) is 0. The third kappa shape index (κ3) is 3.59. The summed E-state index contributed by atoms with van der Waals surface area (Å²) in [4.78, 5) is 24.9. The number of rotatable bonds is 6. The van der Waals surface area contributed by atoms with E-state index in [1.54, 1.807) is 12.4 Å². The molecule has 0 N–H and O–H groups in total. The molecule has 0 aliphatic rings. The standard InChI is InChI=1S/C14H13N5O/c15-4-2-6-19(10-12-3-1-5-16-7-12)14-17-8-13(11-20)9-18-14/h1,3,5,7-9,11H,2,6,10H2. The van der Waals surface area contributed by atoms with Crippen LogP contribution in [-0.4, -0.2) is 27.8 Å². The van der Waals surface area contributed by atoms with Gasteiger partial charge in [0.1, 0.15) is 0 Å². The molecule has 0 aliphatic carbocycles. The molecule has 0 fully saturated rings. The third-order valence-corrected chi connectivity index (χ3v) is 2.67. The molecule has 0 aromatic carbocycles. The van der Waals surface area contributed by atoms with Crippen LogP contribution >= 0.6 is 0 Å². The highest BCUT2D eigenvalue weighted by Gasteiger charge is 2.10. The van der Waals surface area contributed by atoms with E-state index in [-0.39, 0.29) is 0 Å². The number of pyridine rings is 1. The van der Waals surface area contributed by atoms with Gasteiger partial charge in [-0.15, -0.1) is 0 Å². The highest BCUT2D eigenvalue weighted by molar-refractivity contribution is 5.73. The second-order valence-corrected chi connectivity index (χ2v) is 4.13. The van der Waals surface area contributed by atoms with Gasteiger partial charge in [-0.25, -0.2) is 9.97 Å². The lowest BCUT2D eigenvalue weighted by molar-refractivity contribution is 0.112. The lowest BCUT2D eigenvalue weighted by Gasteiger charge is -2.21. The van der Waals surface area contributed by atoms with Crippen molar-refractivity contribution in [1.82, 2.24) is 15.0 Å². The summed E-state index contributed by atoms with van der Waals surface area (Å²) < 4.78 is 0. The zero-order chi connectivity index (χ0) is 14.2. The molecule has 6 nitrogen and oxygen atoms in total. The van der Waals surface area contributed by atoms with E-state index in [1.807, 2.05) is 17.0 Å². The van der Waals surface area contributed by atoms with Crippen molar-refractivity contribution in [3.05, 3.63) is 48.0 Å². The van der Waals surface area contributed by atoms with Gasteiger partial charge in [0.2, 0.25) is 5.95 Å². The van der Waals surface area contributed by atoms with Gasteiger partial charge in [0.25, 0.3) is 0 Å². The summed E-state index contributed by atoms with van der Waals surface area (Å²) in [5.74, 6) is 0.495. The molecule has 2 rings (SSSR count). The summed E-state index contributed by atoms with van der Waals surface area (Å²) in [5, 5.41) is 8.73. The Balaban J connectivity index is 2.17. The maximum atomic E-state index is 10.6. The van der Waals surface area contributed by atoms with Crippen LogP contribution in [-0.2, 0) is 6.54 Å². The molecular weight excluding hydrogens is 254 g/mol. The molecule has 0 spiro atoms. The first-order valence-corrected chi connectivity index (χ1v) is 6.11.